The standard InChI is InChI=1S/C18H14IN3O2S3/c1-11-3-6-13(7-4-11)27(23,24)22-10-15(19)14-9-12(5-8-16(14)22)17-20-21-18(25-2)26-17/h3-10H,1-2H3. The molecule has 138 valence electrons. The molecule has 0 amide bonds. The maximum atomic E-state index is 13.1. The van der Waals surface area contributed by atoms with E-state index in [0.717, 1.165) is 29.4 Å². The van der Waals surface area contributed by atoms with Crippen molar-refractivity contribution in [1.29, 1.82) is 0 Å². The highest BCUT2D eigenvalue weighted by Crippen LogP contribution is 2.33. The molecule has 2 aromatic carbocycles. The van der Waals surface area contributed by atoms with Crippen molar-refractivity contribution in [3.05, 3.63) is 57.8 Å². The Bertz CT molecular complexity index is 1240. The maximum absolute atomic E-state index is 13.1. The molecule has 0 fully saturated rings. The van der Waals surface area contributed by atoms with E-state index < -0.39 is 10.0 Å². The topological polar surface area (TPSA) is 64.8 Å². The van der Waals surface area contributed by atoms with Gasteiger partial charge in [-0.15, -0.1) is 10.2 Å². The van der Waals surface area contributed by atoms with Crippen LogP contribution in [0.2, 0.25) is 0 Å². The van der Waals surface area contributed by atoms with E-state index in [0.29, 0.717) is 5.52 Å². The van der Waals surface area contributed by atoms with E-state index in [9.17, 15) is 8.42 Å². The Morgan fingerprint density at radius 2 is 1.85 bits per heavy atom. The summed E-state index contributed by atoms with van der Waals surface area (Å²) in [6.07, 6.45) is 3.63. The summed E-state index contributed by atoms with van der Waals surface area (Å²) in [5.74, 6) is 0. The normalized spacial score (nSPS) is 12.0. The number of nitrogens with zero attached hydrogens (tertiary/aromatic N) is 3. The van der Waals surface area contributed by atoms with Crippen molar-refractivity contribution in [1.82, 2.24) is 14.2 Å². The van der Waals surface area contributed by atoms with Gasteiger partial charge >= 0.3 is 0 Å². The molecule has 27 heavy (non-hydrogen) atoms. The quantitative estimate of drug-likeness (QED) is 0.275. The number of aryl methyl sites for hydroxylation is 1. The Kier molecular flexibility index (Phi) is 5.04. The van der Waals surface area contributed by atoms with Crippen molar-refractivity contribution in [2.24, 2.45) is 0 Å². The van der Waals surface area contributed by atoms with Crippen LogP contribution in [0.1, 0.15) is 5.56 Å². The third kappa shape index (κ3) is 3.41. The Hall–Kier alpha value is -1.43. The number of hydrogen-bond acceptors (Lipinski definition) is 6. The average molecular weight is 527 g/mol. The molecule has 0 spiro atoms. The second-order valence-corrected chi connectivity index (χ2v) is 10.9. The van der Waals surface area contributed by atoms with E-state index >= 15 is 0 Å². The van der Waals surface area contributed by atoms with E-state index in [1.165, 1.54) is 15.3 Å². The van der Waals surface area contributed by atoms with Gasteiger partial charge in [0.15, 0.2) is 4.34 Å². The third-order valence-electron chi connectivity index (χ3n) is 4.13. The van der Waals surface area contributed by atoms with Crippen molar-refractivity contribution in [2.75, 3.05) is 6.26 Å². The molecule has 0 bridgehead atoms. The lowest BCUT2D eigenvalue weighted by Crippen LogP contribution is -2.11. The molecule has 4 aromatic rings. The number of benzene rings is 2. The first-order valence-electron chi connectivity index (χ1n) is 7.91. The van der Waals surface area contributed by atoms with E-state index in [4.69, 9.17) is 0 Å². The number of fused-ring (bicyclic) bond motifs is 1. The molecule has 0 aliphatic rings. The SMILES string of the molecule is CSc1nnc(-c2ccc3c(c2)c(I)cn3S(=O)(=O)c2ccc(C)cc2)s1. The summed E-state index contributed by atoms with van der Waals surface area (Å²) in [6, 6.07) is 12.6. The van der Waals surface area contributed by atoms with Crippen LogP contribution in [0.5, 0.6) is 0 Å². The van der Waals surface area contributed by atoms with Crippen LogP contribution in [0.15, 0.2) is 57.9 Å². The lowest BCUT2D eigenvalue weighted by Gasteiger charge is -2.08. The minimum Gasteiger partial charge on any atom is -0.240 e. The van der Waals surface area contributed by atoms with Gasteiger partial charge in [0.05, 0.1) is 10.4 Å². The van der Waals surface area contributed by atoms with Crippen LogP contribution in [0.4, 0.5) is 0 Å². The van der Waals surface area contributed by atoms with Gasteiger partial charge in [-0.1, -0.05) is 40.8 Å². The number of hydrogen-bond donors (Lipinski definition) is 0. The van der Waals surface area contributed by atoms with E-state index in [1.54, 1.807) is 42.2 Å². The largest absolute Gasteiger partial charge is 0.268 e. The number of thioether (sulfide) groups is 1. The van der Waals surface area contributed by atoms with Crippen LogP contribution < -0.4 is 0 Å². The zero-order chi connectivity index (χ0) is 19.2. The number of rotatable bonds is 4. The van der Waals surface area contributed by atoms with E-state index in [2.05, 4.69) is 32.8 Å². The van der Waals surface area contributed by atoms with Crippen LogP contribution >= 0.6 is 45.7 Å². The maximum Gasteiger partial charge on any atom is 0.268 e. The zero-order valence-electron chi connectivity index (χ0n) is 14.4. The van der Waals surface area contributed by atoms with Crippen LogP contribution in [0, 0.1) is 10.5 Å². The minimum atomic E-state index is -3.66. The highest BCUT2D eigenvalue weighted by Gasteiger charge is 2.21. The molecule has 0 N–H and O–H groups in total. The molecule has 9 heteroatoms. The minimum absolute atomic E-state index is 0.277. The smallest absolute Gasteiger partial charge is 0.240 e. The molecular formula is C18H14IN3O2S3. The van der Waals surface area contributed by atoms with Gasteiger partial charge in [0.1, 0.15) is 5.01 Å². The molecule has 0 radical (unpaired) electrons. The van der Waals surface area contributed by atoms with Gasteiger partial charge < -0.3 is 0 Å². The van der Waals surface area contributed by atoms with Gasteiger partial charge in [0, 0.05) is 20.7 Å². The predicted molar refractivity (Wildman–Crippen MR) is 119 cm³/mol. The second kappa shape index (κ2) is 7.19. The van der Waals surface area contributed by atoms with Gasteiger partial charge in [-0.25, -0.2) is 12.4 Å². The van der Waals surface area contributed by atoms with Gasteiger partial charge in [-0.3, -0.25) is 0 Å². The molecule has 4 rings (SSSR count). The van der Waals surface area contributed by atoms with Crippen LogP contribution in [0.25, 0.3) is 21.5 Å². The summed E-state index contributed by atoms with van der Waals surface area (Å²) in [7, 11) is -3.66. The van der Waals surface area contributed by atoms with Crippen LogP contribution in [-0.2, 0) is 10.0 Å². The highest BCUT2D eigenvalue weighted by molar-refractivity contribution is 14.1. The Balaban J connectivity index is 1.85. The van der Waals surface area contributed by atoms with Crippen LogP contribution in [-0.4, -0.2) is 28.8 Å². The van der Waals surface area contributed by atoms with Gasteiger partial charge in [-0.2, -0.15) is 0 Å². The summed E-state index contributed by atoms with van der Waals surface area (Å²) < 4.78 is 29.3. The zero-order valence-corrected chi connectivity index (χ0v) is 19.0. The molecule has 2 heterocycles. The van der Waals surface area contributed by atoms with Crippen molar-refractivity contribution >= 4 is 66.6 Å². The Labute approximate surface area is 179 Å². The first-order valence-corrected chi connectivity index (χ1v) is 12.5. The first kappa shape index (κ1) is 18.9. The first-order chi connectivity index (χ1) is 12.9. The van der Waals surface area contributed by atoms with E-state index in [-0.39, 0.29) is 4.90 Å². The molecule has 0 atom stereocenters. The summed E-state index contributed by atoms with van der Waals surface area (Å²) in [4.78, 5) is 0.277. The van der Waals surface area contributed by atoms with Gasteiger partial charge in [0.25, 0.3) is 10.0 Å². The Morgan fingerprint density at radius 1 is 1.11 bits per heavy atom. The molecule has 0 aliphatic carbocycles. The summed E-state index contributed by atoms with van der Waals surface area (Å²) in [5, 5.41) is 10.1. The monoisotopic (exact) mass is 527 g/mol. The molecule has 5 nitrogen and oxygen atoms in total. The second-order valence-electron chi connectivity index (χ2n) is 5.90. The molecule has 0 unspecified atom stereocenters. The van der Waals surface area contributed by atoms with Gasteiger partial charge in [-0.05, 0) is 66.1 Å². The van der Waals surface area contributed by atoms with Gasteiger partial charge in [0.2, 0.25) is 0 Å². The Morgan fingerprint density at radius 3 is 2.52 bits per heavy atom. The molecular weight excluding hydrogens is 513 g/mol. The van der Waals surface area contributed by atoms with Crippen LogP contribution in [0.3, 0.4) is 0 Å². The average Bonchev–Trinajstić information content (AvgIpc) is 3.27. The van der Waals surface area contributed by atoms with Crippen molar-refractivity contribution < 1.29 is 8.42 Å². The van der Waals surface area contributed by atoms with E-state index in [1.807, 2.05) is 31.4 Å². The lowest BCUT2D eigenvalue weighted by molar-refractivity contribution is 0.589. The molecule has 0 saturated heterocycles. The van der Waals surface area contributed by atoms with Crippen molar-refractivity contribution in [3.63, 3.8) is 0 Å². The summed E-state index contributed by atoms with van der Waals surface area (Å²) in [5.41, 5.74) is 2.61. The third-order valence-corrected chi connectivity index (χ3v) is 8.62. The predicted octanol–water partition coefficient (Wildman–Crippen LogP) is 5.03. The number of aromatic nitrogens is 3. The van der Waals surface area contributed by atoms with Crippen molar-refractivity contribution in [2.45, 2.75) is 16.2 Å². The number of halogens is 1. The highest BCUT2D eigenvalue weighted by atomic mass is 127. The molecule has 0 saturated carbocycles. The summed E-state index contributed by atoms with van der Waals surface area (Å²) in [6.45, 7) is 1.93. The molecule has 2 aromatic heterocycles. The lowest BCUT2D eigenvalue weighted by atomic mass is 10.2. The fourth-order valence-electron chi connectivity index (χ4n) is 2.73. The fourth-order valence-corrected chi connectivity index (χ4v) is 6.26. The molecule has 0 aliphatic heterocycles. The van der Waals surface area contributed by atoms with Crippen molar-refractivity contribution in [3.8, 4) is 10.6 Å². The fraction of sp³-hybridized carbons (Fsp3) is 0.111. The summed E-state index contributed by atoms with van der Waals surface area (Å²) >= 11 is 5.25.